The predicted octanol–water partition coefficient (Wildman–Crippen LogP) is 4.31. The number of hydrogen-bond donors (Lipinski definition) is 4. The molecule has 0 fully saturated rings. The van der Waals surface area contributed by atoms with E-state index in [1.165, 1.54) is 23.9 Å². The van der Waals surface area contributed by atoms with Crippen LogP contribution in [0.3, 0.4) is 0 Å². The summed E-state index contributed by atoms with van der Waals surface area (Å²) >= 11 is 1.36. The SMILES string of the molecule is O=C1Nc2ccccc2/C1=C/c1ccc(C(=O)Nc2nc(SCc3ccc(F)cc3)n[nH]2)[nH]1. The molecule has 1 aliphatic heterocycles. The van der Waals surface area contributed by atoms with E-state index in [-0.39, 0.29) is 17.7 Å². The van der Waals surface area contributed by atoms with Gasteiger partial charge in [-0.3, -0.25) is 14.9 Å². The Morgan fingerprint density at radius 2 is 1.91 bits per heavy atom. The average molecular weight is 460 g/mol. The second-order valence-electron chi connectivity index (χ2n) is 7.22. The summed E-state index contributed by atoms with van der Waals surface area (Å²) in [6.45, 7) is 0. The van der Waals surface area contributed by atoms with Crippen LogP contribution >= 0.6 is 11.8 Å². The molecule has 164 valence electrons. The number of carbonyl (C=O) groups is 2. The van der Waals surface area contributed by atoms with Gasteiger partial charge >= 0.3 is 0 Å². The van der Waals surface area contributed by atoms with Crippen LogP contribution in [0.2, 0.25) is 0 Å². The van der Waals surface area contributed by atoms with Crippen LogP contribution < -0.4 is 10.6 Å². The van der Waals surface area contributed by atoms with Crippen molar-refractivity contribution in [1.29, 1.82) is 0 Å². The molecule has 2 aromatic heterocycles. The number of aromatic nitrogens is 4. The first kappa shape index (κ1) is 20.7. The number of fused-ring (bicyclic) bond motifs is 1. The van der Waals surface area contributed by atoms with Gasteiger partial charge in [-0.05, 0) is 42.0 Å². The number of thioether (sulfide) groups is 1. The highest BCUT2D eigenvalue weighted by Gasteiger charge is 2.23. The van der Waals surface area contributed by atoms with Gasteiger partial charge in [0.1, 0.15) is 11.5 Å². The van der Waals surface area contributed by atoms with Crippen molar-refractivity contribution in [2.45, 2.75) is 10.9 Å². The van der Waals surface area contributed by atoms with Crippen molar-refractivity contribution < 1.29 is 14.0 Å². The normalized spacial score (nSPS) is 13.7. The molecule has 0 unspecified atom stereocenters. The highest BCUT2D eigenvalue weighted by molar-refractivity contribution is 7.98. The summed E-state index contributed by atoms with van der Waals surface area (Å²) in [5, 5.41) is 12.7. The molecule has 0 saturated heterocycles. The maximum atomic E-state index is 13.0. The van der Waals surface area contributed by atoms with Crippen molar-refractivity contribution in [2.24, 2.45) is 0 Å². The molecule has 0 saturated carbocycles. The lowest BCUT2D eigenvalue weighted by molar-refractivity contribution is -0.110. The summed E-state index contributed by atoms with van der Waals surface area (Å²) in [5.41, 5.74) is 3.97. The van der Waals surface area contributed by atoms with E-state index < -0.39 is 5.91 Å². The molecule has 3 heterocycles. The smallest absolute Gasteiger partial charge is 0.274 e. The van der Waals surface area contributed by atoms with Gasteiger partial charge in [-0.25, -0.2) is 9.49 Å². The standard InChI is InChI=1S/C23H17FN6O2S/c24-14-7-5-13(6-8-14)12-33-23-28-22(29-30-23)27-21(32)19-10-9-15(25-19)11-17-16-3-1-2-4-18(16)26-20(17)31/h1-11,25H,12H2,(H,26,31)(H2,27,28,29,30,32)/b17-11-. The van der Waals surface area contributed by atoms with E-state index in [0.717, 1.165) is 16.8 Å². The zero-order valence-electron chi connectivity index (χ0n) is 17.1. The average Bonchev–Trinajstić information content (AvgIpc) is 3.53. The highest BCUT2D eigenvalue weighted by atomic mass is 32.2. The second kappa shape index (κ2) is 8.75. The van der Waals surface area contributed by atoms with Crippen LogP contribution in [0, 0.1) is 5.82 Å². The Morgan fingerprint density at radius 1 is 1.09 bits per heavy atom. The fraction of sp³-hybridized carbons (Fsp3) is 0.0435. The summed E-state index contributed by atoms with van der Waals surface area (Å²) in [6, 6.07) is 17.0. The van der Waals surface area contributed by atoms with Crippen LogP contribution in [-0.2, 0) is 10.5 Å². The number of halogens is 1. The third-order valence-corrected chi connectivity index (χ3v) is 5.86. The van der Waals surface area contributed by atoms with Crippen molar-refractivity contribution >= 4 is 46.9 Å². The lowest BCUT2D eigenvalue weighted by atomic mass is 10.1. The Balaban J connectivity index is 1.23. The number of H-pyrrole nitrogens is 2. The van der Waals surface area contributed by atoms with E-state index in [0.29, 0.717) is 27.9 Å². The predicted molar refractivity (Wildman–Crippen MR) is 124 cm³/mol. The molecule has 0 bridgehead atoms. The number of amides is 2. The van der Waals surface area contributed by atoms with Gasteiger partial charge in [0.05, 0.1) is 5.57 Å². The summed E-state index contributed by atoms with van der Waals surface area (Å²) in [7, 11) is 0. The highest BCUT2D eigenvalue weighted by Crippen LogP contribution is 2.32. The Bertz CT molecular complexity index is 1380. The fourth-order valence-corrected chi connectivity index (χ4v) is 4.09. The molecule has 0 radical (unpaired) electrons. The van der Waals surface area contributed by atoms with Crippen LogP contribution in [0.1, 0.15) is 27.3 Å². The molecule has 1 aliphatic rings. The Labute approximate surface area is 191 Å². The van der Waals surface area contributed by atoms with Crippen molar-refractivity contribution in [2.75, 3.05) is 10.6 Å². The van der Waals surface area contributed by atoms with Crippen molar-refractivity contribution in [3.05, 3.63) is 89.0 Å². The van der Waals surface area contributed by atoms with E-state index in [9.17, 15) is 14.0 Å². The Hall–Kier alpha value is -4.18. The molecule has 5 rings (SSSR count). The van der Waals surface area contributed by atoms with Crippen LogP contribution in [-0.4, -0.2) is 32.0 Å². The molecule has 10 heteroatoms. The fourth-order valence-electron chi connectivity index (χ4n) is 3.34. The van der Waals surface area contributed by atoms with Gasteiger partial charge in [-0.15, -0.1) is 5.10 Å². The molecule has 4 N–H and O–H groups in total. The molecule has 2 aromatic carbocycles. The minimum Gasteiger partial charge on any atom is -0.351 e. The second-order valence-corrected chi connectivity index (χ2v) is 8.16. The van der Waals surface area contributed by atoms with E-state index in [1.807, 2.05) is 24.3 Å². The number of carbonyl (C=O) groups excluding carboxylic acids is 2. The van der Waals surface area contributed by atoms with Crippen LogP contribution in [0.25, 0.3) is 11.6 Å². The zero-order valence-corrected chi connectivity index (χ0v) is 17.9. The molecule has 33 heavy (non-hydrogen) atoms. The monoisotopic (exact) mass is 460 g/mol. The Kier molecular flexibility index (Phi) is 5.49. The molecule has 2 amide bonds. The number of rotatable bonds is 6. The molecule has 8 nitrogen and oxygen atoms in total. The number of benzene rings is 2. The molecule has 0 aliphatic carbocycles. The number of aromatic amines is 2. The summed E-state index contributed by atoms with van der Waals surface area (Å²) < 4.78 is 13.0. The van der Waals surface area contributed by atoms with E-state index in [4.69, 9.17) is 0 Å². The van der Waals surface area contributed by atoms with Gasteiger partial charge in [0.15, 0.2) is 0 Å². The number of nitrogens with zero attached hydrogens (tertiary/aromatic N) is 2. The molecule has 0 spiro atoms. The third-order valence-electron chi connectivity index (χ3n) is 4.94. The van der Waals surface area contributed by atoms with Crippen LogP contribution in [0.15, 0.2) is 65.8 Å². The number of hydrogen-bond acceptors (Lipinski definition) is 5. The number of para-hydroxylation sites is 1. The van der Waals surface area contributed by atoms with E-state index >= 15 is 0 Å². The third kappa shape index (κ3) is 4.55. The minimum absolute atomic E-state index is 0.191. The lowest BCUT2D eigenvalue weighted by Crippen LogP contribution is -2.13. The molecular formula is C23H17FN6O2S. The topological polar surface area (TPSA) is 116 Å². The summed E-state index contributed by atoms with van der Waals surface area (Å²) in [4.78, 5) is 32.1. The minimum atomic E-state index is -0.401. The van der Waals surface area contributed by atoms with Gasteiger partial charge in [0, 0.05) is 22.7 Å². The first-order chi connectivity index (χ1) is 16.0. The van der Waals surface area contributed by atoms with Crippen molar-refractivity contribution in [3.8, 4) is 0 Å². The maximum Gasteiger partial charge on any atom is 0.274 e. The van der Waals surface area contributed by atoms with Gasteiger partial charge in [-0.1, -0.05) is 42.1 Å². The number of anilines is 2. The first-order valence-corrected chi connectivity index (χ1v) is 11.0. The van der Waals surface area contributed by atoms with Crippen LogP contribution in [0.4, 0.5) is 16.0 Å². The van der Waals surface area contributed by atoms with E-state index in [1.54, 1.807) is 30.3 Å². The number of nitrogens with one attached hydrogen (secondary N) is 4. The quantitative estimate of drug-likeness (QED) is 0.253. The van der Waals surface area contributed by atoms with E-state index in [2.05, 4.69) is 30.8 Å². The van der Waals surface area contributed by atoms with Gasteiger partial charge in [0.2, 0.25) is 11.1 Å². The zero-order chi connectivity index (χ0) is 22.8. The van der Waals surface area contributed by atoms with Crippen molar-refractivity contribution in [1.82, 2.24) is 20.2 Å². The largest absolute Gasteiger partial charge is 0.351 e. The maximum absolute atomic E-state index is 13.0. The summed E-state index contributed by atoms with van der Waals surface area (Å²) in [5.74, 6) is -0.102. The van der Waals surface area contributed by atoms with Gasteiger partial charge in [-0.2, -0.15) is 4.98 Å². The van der Waals surface area contributed by atoms with Gasteiger partial charge in [0.25, 0.3) is 11.8 Å². The van der Waals surface area contributed by atoms with Crippen LogP contribution in [0.5, 0.6) is 0 Å². The summed E-state index contributed by atoms with van der Waals surface area (Å²) in [6.07, 6.45) is 1.70. The lowest BCUT2D eigenvalue weighted by Gasteiger charge is -1.99. The molecule has 0 atom stereocenters. The molecule has 4 aromatic rings. The molecular weight excluding hydrogens is 443 g/mol. The Morgan fingerprint density at radius 3 is 2.76 bits per heavy atom. The van der Waals surface area contributed by atoms with Gasteiger partial charge < -0.3 is 10.3 Å². The first-order valence-electron chi connectivity index (χ1n) is 9.97. The van der Waals surface area contributed by atoms with Crippen molar-refractivity contribution in [3.63, 3.8) is 0 Å².